The van der Waals surface area contributed by atoms with Gasteiger partial charge >= 0.3 is 0 Å². The second-order valence-corrected chi connectivity index (χ2v) is 4.23. The Morgan fingerprint density at radius 2 is 1.67 bits per heavy atom. The molecule has 1 radical (unpaired) electrons. The highest BCUT2D eigenvalue weighted by Gasteiger charge is 2.04. The fourth-order valence-corrected chi connectivity index (χ4v) is 1.44. The standard InChI is InChI=1S/C14H19O/c1-12(2)8-10-14(15)11-9-13-6-4-3-5-7-13/h3-7H,8-11H2,1-2H3. The number of rotatable bonds is 6. The summed E-state index contributed by atoms with van der Waals surface area (Å²) in [6, 6.07) is 10.2. The third-order valence-corrected chi connectivity index (χ3v) is 2.44. The topological polar surface area (TPSA) is 17.1 Å². The maximum atomic E-state index is 11.5. The Bertz CT molecular complexity index is 287. The highest BCUT2D eigenvalue weighted by molar-refractivity contribution is 5.78. The van der Waals surface area contributed by atoms with Crippen LogP contribution in [0.4, 0.5) is 0 Å². The predicted molar refractivity (Wildman–Crippen MR) is 63.6 cm³/mol. The highest BCUT2D eigenvalue weighted by Crippen LogP contribution is 2.09. The molecule has 0 bridgehead atoms. The first-order valence-corrected chi connectivity index (χ1v) is 5.53. The lowest BCUT2D eigenvalue weighted by atomic mass is 10.0. The molecule has 0 fully saturated rings. The van der Waals surface area contributed by atoms with Crippen molar-refractivity contribution in [1.82, 2.24) is 0 Å². The summed E-state index contributed by atoms with van der Waals surface area (Å²) in [5.74, 6) is 1.71. The Hall–Kier alpha value is -1.11. The summed E-state index contributed by atoms with van der Waals surface area (Å²) in [5, 5.41) is 0. The van der Waals surface area contributed by atoms with Gasteiger partial charge in [0.2, 0.25) is 0 Å². The first-order valence-electron chi connectivity index (χ1n) is 5.53. The van der Waals surface area contributed by atoms with Gasteiger partial charge in [-0.25, -0.2) is 0 Å². The Morgan fingerprint density at radius 1 is 1.00 bits per heavy atom. The number of hydrogen-bond donors (Lipinski definition) is 0. The van der Waals surface area contributed by atoms with Gasteiger partial charge in [0.25, 0.3) is 0 Å². The number of ketones is 1. The van der Waals surface area contributed by atoms with Crippen molar-refractivity contribution in [2.75, 3.05) is 0 Å². The van der Waals surface area contributed by atoms with Crippen molar-refractivity contribution in [3.63, 3.8) is 0 Å². The SMILES string of the molecule is C[C](C)CCC(=O)CCc1ccccc1. The molecule has 0 saturated carbocycles. The summed E-state index contributed by atoms with van der Waals surface area (Å²) in [7, 11) is 0. The normalized spacial score (nSPS) is 10.6. The van der Waals surface area contributed by atoms with E-state index >= 15 is 0 Å². The van der Waals surface area contributed by atoms with Gasteiger partial charge in [-0.3, -0.25) is 4.79 Å². The Balaban J connectivity index is 2.23. The van der Waals surface area contributed by atoms with E-state index in [1.165, 1.54) is 11.5 Å². The van der Waals surface area contributed by atoms with Crippen molar-refractivity contribution in [3.8, 4) is 0 Å². The van der Waals surface area contributed by atoms with Gasteiger partial charge in [0.05, 0.1) is 0 Å². The molecule has 0 aliphatic carbocycles. The molecular weight excluding hydrogens is 184 g/mol. The van der Waals surface area contributed by atoms with Crippen molar-refractivity contribution in [2.45, 2.75) is 39.5 Å². The van der Waals surface area contributed by atoms with E-state index < -0.39 is 0 Å². The molecule has 0 amide bonds. The van der Waals surface area contributed by atoms with Crippen LogP contribution in [0.15, 0.2) is 30.3 Å². The molecule has 0 spiro atoms. The smallest absolute Gasteiger partial charge is 0.133 e. The van der Waals surface area contributed by atoms with E-state index in [1.54, 1.807) is 0 Å². The molecule has 1 aromatic carbocycles. The molecule has 0 heterocycles. The number of hydrogen-bond acceptors (Lipinski definition) is 1. The summed E-state index contributed by atoms with van der Waals surface area (Å²) >= 11 is 0. The Labute approximate surface area is 92.5 Å². The average Bonchev–Trinajstić information content (AvgIpc) is 2.25. The van der Waals surface area contributed by atoms with Crippen LogP contribution in [0.1, 0.15) is 38.7 Å². The van der Waals surface area contributed by atoms with Crippen LogP contribution in [-0.4, -0.2) is 5.78 Å². The third kappa shape index (κ3) is 5.36. The summed E-state index contributed by atoms with van der Waals surface area (Å²) in [4.78, 5) is 11.5. The molecule has 1 aromatic rings. The fourth-order valence-electron chi connectivity index (χ4n) is 1.44. The van der Waals surface area contributed by atoms with Crippen molar-refractivity contribution in [3.05, 3.63) is 41.8 Å². The molecule has 81 valence electrons. The number of carbonyl (C=O) groups excluding carboxylic acids is 1. The van der Waals surface area contributed by atoms with Gasteiger partial charge in [-0.1, -0.05) is 44.2 Å². The van der Waals surface area contributed by atoms with Gasteiger partial charge in [-0.05, 0) is 24.3 Å². The average molecular weight is 203 g/mol. The minimum absolute atomic E-state index is 0.375. The Morgan fingerprint density at radius 3 is 2.27 bits per heavy atom. The predicted octanol–water partition coefficient (Wildman–Crippen LogP) is 3.58. The lowest BCUT2D eigenvalue weighted by molar-refractivity contribution is -0.119. The van der Waals surface area contributed by atoms with Gasteiger partial charge in [0, 0.05) is 12.8 Å². The molecule has 1 rings (SSSR count). The molecule has 0 saturated heterocycles. The molecule has 0 aliphatic rings. The van der Waals surface area contributed by atoms with E-state index in [-0.39, 0.29) is 0 Å². The van der Waals surface area contributed by atoms with Gasteiger partial charge in [-0.15, -0.1) is 0 Å². The van der Waals surface area contributed by atoms with Crippen LogP contribution in [0.2, 0.25) is 0 Å². The number of aryl methyl sites for hydroxylation is 1. The van der Waals surface area contributed by atoms with Crippen molar-refractivity contribution in [1.29, 1.82) is 0 Å². The van der Waals surface area contributed by atoms with Crippen LogP contribution in [0.5, 0.6) is 0 Å². The van der Waals surface area contributed by atoms with Gasteiger partial charge in [-0.2, -0.15) is 0 Å². The van der Waals surface area contributed by atoms with Gasteiger partial charge < -0.3 is 0 Å². The van der Waals surface area contributed by atoms with E-state index in [9.17, 15) is 4.79 Å². The molecule has 1 heteroatoms. The molecule has 0 atom stereocenters. The quantitative estimate of drug-likeness (QED) is 0.690. The molecule has 0 aromatic heterocycles. The van der Waals surface area contributed by atoms with Gasteiger partial charge in [0.15, 0.2) is 0 Å². The zero-order valence-electron chi connectivity index (χ0n) is 9.62. The van der Waals surface area contributed by atoms with Crippen molar-refractivity contribution < 1.29 is 4.79 Å². The summed E-state index contributed by atoms with van der Waals surface area (Å²) in [5.41, 5.74) is 1.25. The minimum atomic E-state index is 0.375. The second-order valence-electron chi connectivity index (χ2n) is 4.23. The maximum absolute atomic E-state index is 11.5. The lowest BCUT2D eigenvalue weighted by Crippen LogP contribution is -2.01. The first kappa shape index (κ1) is 12.0. The number of benzene rings is 1. The van der Waals surface area contributed by atoms with Crippen LogP contribution in [0.3, 0.4) is 0 Å². The first-order chi connectivity index (χ1) is 7.18. The van der Waals surface area contributed by atoms with E-state index in [2.05, 4.69) is 26.0 Å². The number of Topliss-reactive ketones (excluding diaryl/α,β-unsaturated/α-hetero) is 1. The molecule has 0 N–H and O–H groups in total. The highest BCUT2D eigenvalue weighted by atomic mass is 16.1. The van der Waals surface area contributed by atoms with E-state index in [0.29, 0.717) is 18.6 Å². The zero-order chi connectivity index (χ0) is 11.1. The molecule has 15 heavy (non-hydrogen) atoms. The van der Waals surface area contributed by atoms with Crippen LogP contribution >= 0.6 is 0 Å². The van der Waals surface area contributed by atoms with Crippen LogP contribution < -0.4 is 0 Å². The summed E-state index contributed by atoms with van der Waals surface area (Å²) in [6.07, 6.45) is 3.20. The largest absolute Gasteiger partial charge is 0.300 e. The van der Waals surface area contributed by atoms with Gasteiger partial charge in [0.1, 0.15) is 5.78 Å². The van der Waals surface area contributed by atoms with E-state index in [1.807, 2.05) is 18.2 Å². The zero-order valence-corrected chi connectivity index (χ0v) is 9.62. The summed E-state index contributed by atoms with van der Waals surface area (Å²) < 4.78 is 0. The van der Waals surface area contributed by atoms with E-state index in [4.69, 9.17) is 0 Å². The molecular formula is C14H19O. The third-order valence-electron chi connectivity index (χ3n) is 2.44. The van der Waals surface area contributed by atoms with Crippen LogP contribution in [0.25, 0.3) is 0 Å². The fraction of sp³-hybridized carbons (Fsp3) is 0.429. The number of carbonyl (C=O) groups is 1. The minimum Gasteiger partial charge on any atom is -0.300 e. The maximum Gasteiger partial charge on any atom is 0.133 e. The van der Waals surface area contributed by atoms with Crippen LogP contribution in [0, 0.1) is 5.92 Å². The molecule has 0 aliphatic heterocycles. The van der Waals surface area contributed by atoms with Crippen molar-refractivity contribution in [2.24, 2.45) is 0 Å². The molecule has 1 nitrogen and oxygen atoms in total. The lowest BCUT2D eigenvalue weighted by Gasteiger charge is -2.03. The monoisotopic (exact) mass is 203 g/mol. The summed E-state index contributed by atoms with van der Waals surface area (Å²) in [6.45, 7) is 4.15. The van der Waals surface area contributed by atoms with Crippen molar-refractivity contribution >= 4 is 5.78 Å². The molecule has 0 unspecified atom stereocenters. The van der Waals surface area contributed by atoms with Crippen LogP contribution in [-0.2, 0) is 11.2 Å². The Kier molecular flexibility index (Phi) is 5.09. The van der Waals surface area contributed by atoms with E-state index in [0.717, 1.165) is 12.8 Å². The second kappa shape index (κ2) is 6.39.